The summed E-state index contributed by atoms with van der Waals surface area (Å²) in [4.78, 5) is 4.79. The summed E-state index contributed by atoms with van der Waals surface area (Å²) >= 11 is 0. The van der Waals surface area contributed by atoms with Gasteiger partial charge in [-0.25, -0.2) is 0 Å². The van der Waals surface area contributed by atoms with Crippen molar-refractivity contribution in [1.29, 1.82) is 0 Å². The maximum absolute atomic E-state index is 4.79. The second-order valence-electron chi connectivity index (χ2n) is 6.12. The minimum Gasteiger partial charge on any atom is -0.357 e. The SMILES string of the molecule is CCNC(=NCC1(CC)CCC1)NCCn1cnnc1CC. The molecule has 0 saturated heterocycles. The molecule has 22 heavy (non-hydrogen) atoms. The van der Waals surface area contributed by atoms with Crippen LogP contribution in [0.25, 0.3) is 0 Å². The van der Waals surface area contributed by atoms with Crippen LogP contribution in [0.3, 0.4) is 0 Å². The molecule has 0 atom stereocenters. The van der Waals surface area contributed by atoms with E-state index in [1.165, 1.54) is 25.7 Å². The average molecular weight is 306 g/mol. The van der Waals surface area contributed by atoms with Crippen molar-refractivity contribution in [3.8, 4) is 0 Å². The van der Waals surface area contributed by atoms with Crippen molar-refractivity contribution < 1.29 is 0 Å². The molecule has 0 amide bonds. The molecule has 1 aliphatic rings. The molecule has 0 aliphatic heterocycles. The molecule has 1 saturated carbocycles. The van der Waals surface area contributed by atoms with Gasteiger partial charge in [-0.3, -0.25) is 4.99 Å². The smallest absolute Gasteiger partial charge is 0.191 e. The summed E-state index contributed by atoms with van der Waals surface area (Å²) in [5.74, 6) is 1.96. The van der Waals surface area contributed by atoms with Crippen molar-refractivity contribution in [2.75, 3.05) is 19.6 Å². The van der Waals surface area contributed by atoms with Gasteiger partial charge >= 0.3 is 0 Å². The molecule has 1 aromatic rings. The van der Waals surface area contributed by atoms with Crippen molar-refractivity contribution >= 4 is 5.96 Å². The highest BCUT2D eigenvalue weighted by atomic mass is 15.3. The van der Waals surface area contributed by atoms with Crippen LogP contribution in [0.5, 0.6) is 0 Å². The summed E-state index contributed by atoms with van der Waals surface area (Å²) < 4.78 is 2.09. The molecule has 2 N–H and O–H groups in total. The highest BCUT2D eigenvalue weighted by Gasteiger charge is 2.34. The normalized spacial score (nSPS) is 17.1. The Morgan fingerprint density at radius 1 is 1.32 bits per heavy atom. The van der Waals surface area contributed by atoms with Crippen LogP contribution in [-0.2, 0) is 13.0 Å². The topological polar surface area (TPSA) is 67.1 Å². The number of rotatable bonds is 8. The van der Waals surface area contributed by atoms with Gasteiger partial charge in [-0.2, -0.15) is 0 Å². The Hall–Kier alpha value is -1.59. The standard InChI is InChI=1S/C16H30N6/c1-4-14-21-20-13-22(14)11-10-18-15(17-6-3)19-12-16(5-2)8-7-9-16/h13H,4-12H2,1-3H3,(H2,17,18,19). The zero-order chi connectivity index (χ0) is 15.8. The molecule has 1 heterocycles. The molecule has 0 radical (unpaired) electrons. The molecule has 0 unspecified atom stereocenters. The van der Waals surface area contributed by atoms with E-state index in [4.69, 9.17) is 4.99 Å². The second-order valence-corrected chi connectivity index (χ2v) is 6.12. The van der Waals surface area contributed by atoms with Gasteiger partial charge < -0.3 is 15.2 Å². The van der Waals surface area contributed by atoms with Crippen molar-refractivity contribution in [1.82, 2.24) is 25.4 Å². The van der Waals surface area contributed by atoms with Crippen molar-refractivity contribution in [2.45, 2.75) is 59.4 Å². The van der Waals surface area contributed by atoms with Crippen LogP contribution < -0.4 is 10.6 Å². The van der Waals surface area contributed by atoms with E-state index in [0.717, 1.165) is 44.4 Å². The lowest BCUT2D eigenvalue weighted by Crippen LogP contribution is -2.41. The predicted octanol–water partition coefficient (Wildman–Crippen LogP) is 1.98. The van der Waals surface area contributed by atoms with E-state index in [9.17, 15) is 0 Å². The van der Waals surface area contributed by atoms with Crippen LogP contribution in [0.4, 0.5) is 0 Å². The number of guanidine groups is 1. The first-order valence-corrected chi connectivity index (χ1v) is 8.62. The lowest BCUT2D eigenvalue weighted by molar-refractivity contribution is 0.139. The van der Waals surface area contributed by atoms with E-state index >= 15 is 0 Å². The van der Waals surface area contributed by atoms with Crippen LogP contribution in [-0.4, -0.2) is 40.4 Å². The fraction of sp³-hybridized carbons (Fsp3) is 0.812. The highest BCUT2D eigenvalue weighted by Crippen LogP contribution is 2.43. The van der Waals surface area contributed by atoms with Gasteiger partial charge in [0.05, 0.1) is 0 Å². The summed E-state index contributed by atoms with van der Waals surface area (Å²) in [7, 11) is 0. The Balaban J connectivity index is 1.83. The van der Waals surface area contributed by atoms with Gasteiger partial charge in [-0.15, -0.1) is 10.2 Å². The molecular weight excluding hydrogens is 276 g/mol. The lowest BCUT2D eigenvalue weighted by Gasteiger charge is -2.40. The average Bonchev–Trinajstić information content (AvgIpc) is 2.94. The molecule has 2 rings (SSSR count). The van der Waals surface area contributed by atoms with Crippen molar-refractivity contribution in [3.63, 3.8) is 0 Å². The number of aryl methyl sites for hydroxylation is 1. The van der Waals surface area contributed by atoms with Crippen LogP contribution in [0.1, 0.15) is 52.3 Å². The Kier molecular flexibility index (Phi) is 6.21. The van der Waals surface area contributed by atoms with Gasteiger partial charge in [0.25, 0.3) is 0 Å². The fourth-order valence-electron chi connectivity index (χ4n) is 2.92. The van der Waals surface area contributed by atoms with Gasteiger partial charge in [0.1, 0.15) is 12.2 Å². The zero-order valence-electron chi connectivity index (χ0n) is 14.2. The Morgan fingerprint density at radius 3 is 2.73 bits per heavy atom. The quantitative estimate of drug-likeness (QED) is 0.569. The van der Waals surface area contributed by atoms with Gasteiger partial charge in [-0.05, 0) is 31.6 Å². The Morgan fingerprint density at radius 2 is 2.14 bits per heavy atom. The van der Waals surface area contributed by atoms with E-state index < -0.39 is 0 Å². The van der Waals surface area contributed by atoms with E-state index in [2.05, 4.69) is 46.2 Å². The number of nitrogens with zero attached hydrogens (tertiary/aromatic N) is 4. The van der Waals surface area contributed by atoms with Crippen LogP contribution in [0.2, 0.25) is 0 Å². The summed E-state index contributed by atoms with van der Waals surface area (Å²) in [6.45, 7) is 10.00. The first-order chi connectivity index (χ1) is 10.7. The van der Waals surface area contributed by atoms with Gasteiger partial charge in [0.2, 0.25) is 0 Å². The van der Waals surface area contributed by atoms with Crippen LogP contribution in [0.15, 0.2) is 11.3 Å². The fourth-order valence-corrected chi connectivity index (χ4v) is 2.92. The molecule has 1 aromatic heterocycles. The molecule has 1 aliphatic carbocycles. The van der Waals surface area contributed by atoms with E-state index in [-0.39, 0.29) is 0 Å². The van der Waals surface area contributed by atoms with Gasteiger partial charge in [0, 0.05) is 32.6 Å². The van der Waals surface area contributed by atoms with Crippen LogP contribution >= 0.6 is 0 Å². The Labute approximate surface area is 133 Å². The minimum absolute atomic E-state index is 0.464. The number of aliphatic imine (C=N–C) groups is 1. The second kappa shape index (κ2) is 8.15. The third-order valence-electron chi connectivity index (χ3n) is 4.74. The minimum atomic E-state index is 0.464. The number of hydrogen-bond donors (Lipinski definition) is 2. The van der Waals surface area contributed by atoms with E-state index in [0.29, 0.717) is 5.41 Å². The molecule has 0 bridgehead atoms. The summed E-state index contributed by atoms with van der Waals surface area (Å²) in [6, 6.07) is 0. The maximum Gasteiger partial charge on any atom is 0.191 e. The third kappa shape index (κ3) is 4.21. The maximum atomic E-state index is 4.79. The third-order valence-corrected chi connectivity index (χ3v) is 4.74. The monoisotopic (exact) mass is 306 g/mol. The first kappa shape index (κ1) is 16.8. The van der Waals surface area contributed by atoms with Crippen molar-refractivity contribution in [3.05, 3.63) is 12.2 Å². The van der Waals surface area contributed by atoms with Gasteiger partial charge in [0.15, 0.2) is 5.96 Å². The zero-order valence-corrected chi connectivity index (χ0v) is 14.2. The lowest BCUT2D eigenvalue weighted by atomic mass is 9.67. The van der Waals surface area contributed by atoms with E-state index in [1.807, 2.05) is 0 Å². The summed E-state index contributed by atoms with van der Waals surface area (Å²) in [5.41, 5.74) is 0.464. The Bertz CT molecular complexity index is 469. The largest absolute Gasteiger partial charge is 0.357 e. The van der Waals surface area contributed by atoms with Crippen molar-refractivity contribution in [2.24, 2.45) is 10.4 Å². The molecule has 0 aromatic carbocycles. The molecule has 1 fully saturated rings. The van der Waals surface area contributed by atoms with E-state index in [1.54, 1.807) is 6.33 Å². The number of aromatic nitrogens is 3. The predicted molar refractivity (Wildman–Crippen MR) is 90.0 cm³/mol. The molecule has 124 valence electrons. The summed E-state index contributed by atoms with van der Waals surface area (Å²) in [5, 5.41) is 14.8. The highest BCUT2D eigenvalue weighted by molar-refractivity contribution is 5.79. The molecular formula is C16H30N6. The number of nitrogens with one attached hydrogen (secondary N) is 2. The first-order valence-electron chi connectivity index (χ1n) is 8.62. The molecule has 0 spiro atoms. The number of hydrogen-bond acceptors (Lipinski definition) is 3. The van der Waals surface area contributed by atoms with Crippen LogP contribution in [0, 0.1) is 5.41 Å². The molecule has 6 nitrogen and oxygen atoms in total. The van der Waals surface area contributed by atoms with Gasteiger partial charge in [-0.1, -0.05) is 20.3 Å². The summed E-state index contributed by atoms with van der Waals surface area (Å²) in [6.07, 6.45) is 7.95. The molecule has 6 heteroatoms.